The molecule has 1 unspecified atom stereocenters. The minimum atomic E-state index is -0.728. The number of nitrogen functional groups attached to an aromatic ring is 1. The van der Waals surface area contributed by atoms with Crippen LogP contribution in [0.15, 0.2) is 18.2 Å². The van der Waals surface area contributed by atoms with Gasteiger partial charge in [-0.3, -0.25) is 9.59 Å². The van der Waals surface area contributed by atoms with Crippen molar-refractivity contribution in [3.63, 3.8) is 0 Å². The molecule has 1 aromatic carbocycles. The Morgan fingerprint density at radius 3 is 3.00 bits per heavy atom. The molecular formula is C14H18FN3O3. The number of hydrogen-bond acceptors (Lipinski definition) is 4. The molecule has 0 aliphatic carbocycles. The summed E-state index contributed by atoms with van der Waals surface area (Å²) in [5.74, 6) is -1.41. The van der Waals surface area contributed by atoms with Crippen LogP contribution in [0.5, 0.6) is 0 Å². The van der Waals surface area contributed by atoms with E-state index < -0.39 is 17.8 Å². The summed E-state index contributed by atoms with van der Waals surface area (Å²) in [6.45, 7) is 2.96. The Balaban J connectivity index is 2.26. The van der Waals surface area contributed by atoms with Gasteiger partial charge in [0.15, 0.2) is 0 Å². The fraction of sp³-hybridized carbons (Fsp3) is 0.429. The number of benzene rings is 1. The number of carbonyl (C=O) groups is 2. The maximum Gasteiger partial charge on any atom is 0.256 e. The number of rotatable bonds is 3. The molecule has 1 atom stereocenters. The first-order valence-electron chi connectivity index (χ1n) is 6.76. The number of morpholine rings is 1. The molecule has 1 aliphatic heterocycles. The zero-order valence-electron chi connectivity index (χ0n) is 11.8. The molecule has 0 bridgehead atoms. The fourth-order valence-corrected chi connectivity index (χ4v) is 2.23. The van der Waals surface area contributed by atoms with E-state index in [0.717, 1.165) is 0 Å². The highest BCUT2D eigenvalue weighted by Gasteiger charge is 2.34. The summed E-state index contributed by atoms with van der Waals surface area (Å²) in [4.78, 5) is 25.9. The van der Waals surface area contributed by atoms with Gasteiger partial charge in [-0.1, -0.05) is 6.07 Å². The third-order valence-electron chi connectivity index (χ3n) is 3.33. The van der Waals surface area contributed by atoms with Crippen LogP contribution in [0.25, 0.3) is 0 Å². The van der Waals surface area contributed by atoms with Crippen LogP contribution in [0.2, 0.25) is 0 Å². The average Bonchev–Trinajstić information content (AvgIpc) is 2.49. The summed E-state index contributed by atoms with van der Waals surface area (Å²) in [7, 11) is 0. The van der Waals surface area contributed by atoms with Crippen molar-refractivity contribution >= 4 is 17.5 Å². The lowest BCUT2D eigenvalue weighted by atomic mass is 10.1. The van der Waals surface area contributed by atoms with Crippen LogP contribution in [0.1, 0.15) is 17.3 Å². The van der Waals surface area contributed by atoms with Gasteiger partial charge in [-0.15, -0.1) is 0 Å². The Labute approximate surface area is 122 Å². The second-order valence-electron chi connectivity index (χ2n) is 4.68. The first-order valence-corrected chi connectivity index (χ1v) is 6.76. The molecule has 1 aliphatic rings. The van der Waals surface area contributed by atoms with Crippen LogP contribution in [-0.2, 0) is 9.53 Å². The van der Waals surface area contributed by atoms with Crippen molar-refractivity contribution in [2.45, 2.75) is 13.0 Å². The number of anilines is 1. The van der Waals surface area contributed by atoms with E-state index in [2.05, 4.69) is 5.32 Å². The van der Waals surface area contributed by atoms with Crippen LogP contribution in [-0.4, -0.2) is 49.1 Å². The van der Waals surface area contributed by atoms with Gasteiger partial charge in [-0.25, -0.2) is 4.39 Å². The quantitative estimate of drug-likeness (QED) is 0.790. The maximum absolute atomic E-state index is 13.5. The van der Waals surface area contributed by atoms with Gasteiger partial charge in [0, 0.05) is 13.1 Å². The SMILES string of the molecule is CCNC(=O)C1COCCN1C(=O)c1cccc(F)c1N. The molecule has 0 saturated carbocycles. The van der Waals surface area contributed by atoms with Gasteiger partial charge in [0.05, 0.1) is 24.5 Å². The van der Waals surface area contributed by atoms with Gasteiger partial charge in [0.2, 0.25) is 5.91 Å². The molecule has 6 nitrogen and oxygen atoms in total. The molecule has 2 rings (SSSR count). The molecule has 114 valence electrons. The molecule has 7 heteroatoms. The number of carbonyl (C=O) groups excluding carboxylic acids is 2. The Morgan fingerprint density at radius 1 is 1.52 bits per heavy atom. The highest BCUT2D eigenvalue weighted by atomic mass is 19.1. The monoisotopic (exact) mass is 295 g/mol. The standard InChI is InChI=1S/C14H18FN3O3/c1-2-17-13(19)11-8-21-7-6-18(11)14(20)9-4-3-5-10(15)12(9)16/h3-5,11H,2,6-8,16H2,1H3,(H,17,19). The largest absolute Gasteiger partial charge is 0.396 e. The van der Waals surface area contributed by atoms with Crippen molar-refractivity contribution in [2.75, 3.05) is 32.0 Å². The molecule has 0 aromatic heterocycles. The van der Waals surface area contributed by atoms with E-state index in [4.69, 9.17) is 10.5 Å². The summed E-state index contributed by atoms with van der Waals surface area (Å²) in [5, 5.41) is 2.66. The summed E-state index contributed by atoms with van der Waals surface area (Å²) < 4.78 is 18.7. The average molecular weight is 295 g/mol. The molecule has 1 heterocycles. The molecule has 3 N–H and O–H groups in total. The normalized spacial score (nSPS) is 18.4. The van der Waals surface area contributed by atoms with Crippen molar-refractivity contribution in [3.8, 4) is 0 Å². The van der Waals surface area contributed by atoms with E-state index in [1.165, 1.54) is 23.1 Å². The first-order chi connectivity index (χ1) is 10.1. The van der Waals surface area contributed by atoms with Crippen molar-refractivity contribution < 1.29 is 18.7 Å². The van der Waals surface area contributed by atoms with E-state index in [-0.39, 0.29) is 30.3 Å². The lowest BCUT2D eigenvalue weighted by Gasteiger charge is -2.34. The summed E-state index contributed by atoms with van der Waals surface area (Å²) >= 11 is 0. The minimum absolute atomic E-state index is 0.0613. The number of nitrogens with one attached hydrogen (secondary N) is 1. The molecule has 1 fully saturated rings. The molecule has 21 heavy (non-hydrogen) atoms. The third-order valence-corrected chi connectivity index (χ3v) is 3.33. The molecule has 1 aromatic rings. The Morgan fingerprint density at radius 2 is 2.29 bits per heavy atom. The van der Waals surface area contributed by atoms with E-state index in [1.54, 1.807) is 6.92 Å². The van der Waals surface area contributed by atoms with Gasteiger partial charge >= 0.3 is 0 Å². The van der Waals surface area contributed by atoms with Gasteiger partial charge in [0.25, 0.3) is 5.91 Å². The van der Waals surface area contributed by atoms with Crippen LogP contribution in [0, 0.1) is 5.82 Å². The number of para-hydroxylation sites is 1. The van der Waals surface area contributed by atoms with E-state index >= 15 is 0 Å². The van der Waals surface area contributed by atoms with Crippen molar-refractivity contribution in [2.24, 2.45) is 0 Å². The van der Waals surface area contributed by atoms with Crippen LogP contribution < -0.4 is 11.1 Å². The number of amides is 2. The lowest BCUT2D eigenvalue weighted by Crippen LogP contribution is -2.56. The number of likely N-dealkylation sites (N-methyl/N-ethyl adjacent to an activating group) is 1. The predicted octanol–water partition coefficient (Wildman–Crippen LogP) is 0.385. The van der Waals surface area contributed by atoms with E-state index in [9.17, 15) is 14.0 Å². The van der Waals surface area contributed by atoms with Crippen LogP contribution in [0.4, 0.5) is 10.1 Å². The Kier molecular flexibility index (Phi) is 4.74. The number of nitrogens with zero attached hydrogens (tertiary/aromatic N) is 1. The topological polar surface area (TPSA) is 84.7 Å². The second kappa shape index (κ2) is 6.53. The molecule has 0 spiro atoms. The zero-order chi connectivity index (χ0) is 15.4. The van der Waals surface area contributed by atoms with Crippen LogP contribution in [0.3, 0.4) is 0 Å². The number of nitrogens with two attached hydrogens (primary N) is 1. The van der Waals surface area contributed by atoms with E-state index in [0.29, 0.717) is 13.2 Å². The fourth-order valence-electron chi connectivity index (χ4n) is 2.23. The van der Waals surface area contributed by atoms with Gasteiger partial charge in [0.1, 0.15) is 11.9 Å². The Hall–Kier alpha value is -2.15. The highest BCUT2D eigenvalue weighted by molar-refractivity contribution is 6.01. The van der Waals surface area contributed by atoms with Crippen molar-refractivity contribution in [1.82, 2.24) is 10.2 Å². The number of hydrogen-bond donors (Lipinski definition) is 2. The van der Waals surface area contributed by atoms with Crippen LogP contribution >= 0.6 is 0 Å². The summed E-state index contributed by atoms with van der Waals surface area (Å²) in [6, 6.07) is 3.33. The smallest absolute Gasteiger partial charge is 0.256 e. The summed E-state index contributed by atoms with van der Waals surface area (Å²) in [6.07, 6.45) is 0. The van der Waals surface area contributed by atoms with Crippen molar-refractivity contribution in [1.29, 1.82) is 0 Å². The minimum Gasteiger partial charge on any atom is -0.396 e. The maximum atomic E-state index is 13.5. The van der Waals surface area contributed by atoms with Gasteiger partial charge in [-0.05, 0) is 19.1 Å². The number of ether oxygens (including phenoxy) is 1. The molecular weight excluding hydrogens is 277 g/mol. The summed E-state index contributed by atoms with van der Waals surface area (Å²) in [5.41, 5.74) is 5.47. The Bertz CT molecular complexity index is 550. The van der Waals surface area contributed by atoms with Crippen molar-refractivity contribution in [3.05, 3.63) is 29.6 Å². The lowest BCUT2D eigenvalue weighted by molar-refractivity contribution is -0.130. The van der Waals surface area contributed by atoms with E-state index in [1.807, 2.05) is 0 Å². The predicted molar refractivity (Wildman–Crippen MR) is 75.1 cm³/mol. The van der Waals surface area contributed by atoms with Gasteiger partial charge < -0.3 is 20.7 Å². The molecule has 2 amide bonds. The molecule has 0 radical (unpaired) electrons. The number of halogens is 1. The third kappa shape index (κ3) is 3.13. The van der Waals surface area contributed by atoms with Gasteiger partial charge in [-0.2, -0.15) is 0 Å². The molecule has 1 saturated heterocycles. The zero-order valence-corrected chi connectivity index (χ0v) is 11.8. The second-order valence-corrected chi connectivity index (χ2v) is 4.68. The highest BCUT2D eigenvalue weighted by Crippen LogP contribution is 2.20. The first kappa shape index (κ1) is 15.2.